The van der Waals surface area contributed by atoms with Gasteiger partial charge in [0.05, 0.1) is 0 Å². The Morgan fingerprint density at radius 1 is 1.37 bits per heavy atom. The van der Waals surface area contributed by atoms with Gasteiger partial charge in [-0.1, -0.05) is 43.0 Å². The second-order valence-corrected chi connectivity index (χ2v) is 5.15. The van der Waals surface area contributed by atoms with Gasteiger partial charge in [0.2, 0.25) is 0 Å². The topological polar surface area (TPSA) is 36.1 Å². The Labute approximate surface area is 121 Å². The summed E-state index contributed by atoms with van der Waals surface area (Å²) in [5.74, 6) is 0.264. The first-order valence-electron chi connectivity index (χ1n) is 6.40. The first-order valence-corrected chi connectivity index (χ1v) is 6.91. The molecule has 0 fully saturated rings. The van der Waals surface area contributed by atoms with Gasteiger partial charge >= 0.3 is 0 Å². The molecular formula is C15H23N3S. The van der Waals surface area contributed by atoms with Crippen molar-refractivity contribution in [3.8, 4) is 0 Å². The van der Waals surface area contributed by atoms with Gasteiger partial charge in [-0.3, -0.25) is 0 Å². The number of benzene rings is 1. The number of hydrogen-bond acceptors (Lipinski definition) is 4. The highest BCUT2D eigenvalue weighted by Gasteiger charge is 2.16. The highest BCUT2D eigenvalue weighted by atomic mass is 32.1. The predicted molar refractivity (Wildman–Crippen MR) is 85.9 cm³/mol. The standard InChI is InChI=1S/C15H23N3S/c1-4-14(13-8-6-5-7-9-13)15(19)10-11-16-18-17-12(2)3/h4-9,14-19H,1-2,10-11H2,3H3. The van der Waals surface area contributed by atoms with Gasteiger partial charge in [0.25, 0.3) is 0 Å². The van der Waals surface area contributed by atoms with Crippen LogP contribution in [0.3, 0.4) is 0 Å². The minimum absolute atomic E-state index is 0.235. The van der Waals surface area contributed by atoms with Crippen molar-refractivity contribution in [3.63, 3.8) is 0 Å². The van der Waals surface area contributed by atoms with E-state index in [2.05, 4.69) is 54.3 Å². The SMILES string of the molecule is C=CC(c1ccccc1)C(S)CCNNNC(=C)C. The van der Waals surface area contributed by atoms with Crippen molar-refractivity contribution >= 4 is 12.6 Å². The molecule has 0 saturated carbocycles. The zero-order valence-electron chi connectivity index (χ0n) is 11.4. The van der Waals surface area contributed by atoms with Gasteiger partial charge in [0.1, 0.15) is 0 Å². The summed E-state index contributed by atoms with van der Waals surface area (Å²) >= 11 is 4.68. The summed E-state index contributed by atoms with van der Waals surface area (Å²) in [5.41, 5.74) is 11.0. The van der Waals surface area contributed by atoms with E-state index in [0.29, 0.717) is 0 Å². The van der Waals surface area contributed by atoms with Crippen molar-refractivity contribution in [2.75, 3.05) is 6.54 Å². The first kappa shape index (κ1) is 15.8. The minimum Gasteiger partial charge on any atom is -0.313 e. The zero-order chi connectivity index (χ0) is 14.1. The molecular weight excluding hydrogens is 254 g/mol. The van der Waals surface area contributed by atoms with Gasteiger partial charge < -0.3 is 5.43 Å². The molecule has 2 atom stereocenters. The zero-order valence-corrected chi connectivity index (χ0v) is 12.3. The van der Waals surface area contributed by atoms with Crippen LogP contribution in [0.4, 0.5) is 0 Å². The molecule has 0 bridgehead atoms. The van der Waals surface area contributed by atoms with E-state index in [0.717, 1.165) is 18.7 Å². The fourth-order valence-electron chi connectivity index (χ4n) is 1.80. The van der Waals surface area contributed by atoms with Crippen molar-refractivity contribution in [1.29, 1.82) is 0 Å². The van der Waals surface area contributed by atoms with E-state index in [1.807, 2.05) is 31.2 Å². The van der Waals surface area contributed by atoms with Crippen LogP contribution in [0.2, 0.25) is 0 Å². The van der Waals surface area contributed by atoms with Gasteiger partial charge in [0, 0.05) is 23.4 Å². The fourth-order valence-corrected chi connectivity index (χ4v) is 2.23. The smallest absolute Gasteiger partial charge is 0.0172 e. The molecule has 0 saturated heterocycles. The highest BCUT2D eigenvalue weighted by Crippen LogP contribution is 2.26. The quantitative estimate of drug-likeness (QED) is 0.243. The van der Waals surface area contributed by atoms with Crippen LogP contribution in [0.15, 0.2) is 55.3 Å². The molecule has 0 aromatic heterocycles. The Kier molecular flexibility index (Phi) is 7.33. The Balaban J connectivity index is 2.36. The van der Waals surface area contributed by atoms with Gasteiger partial charge in [0.15, 0.2) is 0 Å². The van der Waals surface area contributed by atoms with Crippen LogP contribution in [0.1, 0.15) is 24.8 Å². The van der Waals surface area contributed by atoms with Gasteiger partial charge in [-0.2, -0.15) is 18.2 Å². The molecule has 0 aliphatic carbocycles. The van der Waals surface area contributed by atoms with Crippen molar-refractivity contribution in [2.24, 2.45) is 0 Å². The van der Waals surface area contributed by atoms with Gasteiger partial charge in [-0.05, 0) is 18.9 Å². The second-order valence-electron chi connectivity index (χ2n) is 4.49. The first-order chi connectivity index (χ1) is 9.15. The van der Waals surface area contributed by atoms with Crippen LogP contribution in [0.5, 0.6) is 0 Å². The summed E-state index contributed by atoms with van der Waals surface area (Å²) in [7, 11) is 0. The van der Waals surface area contributed by atoms with Crippen molar-refractivity contribution in [3.05, 3.63) is 60.8 Å². The largest absolute Gasteiger partial charge is 0.313 e. The van der Waals surface area contributed by atoms with Crippen LogP contribution in [-0.4, -0.2) is 11.8 Å². The van der Waals surface area contributed by atoms with Crippen LogP contribution < -0.4 is 16.4 Å². The molecule has 0 radical (unpaired) electrons. The lowest BCUT2D eigenvalue weighted by molar-refractivity contribution is 0.462. The molecule has 1 rings (SSSR count). The lowest BCUT2D eigenvalue weighted by atomic mass is 9.94. The Morgan fingerprint density at radius 2 is 2.05 bits per heavy atom. The highest BCUT2D eigenvalue weighted by molar-refractivity contribution is 7.81. The lowest BCUT2D eigenvalue weighted by Crippen LogP contribution is -2.43. The summed E-state index contributed by atoms with van der Waals surface area (Å²) in [5, 5.41) is 0.235. The normalized spacial score (nSPS) is 13.6. The third kappa shape index (κ3) is 5.96. The summed E-state index contributed by atoms with van der Waals surface area (Å²) in [6, 6.07) is 10.3. The third-order valence-corrected chi connectivity index (χ3v) is 3.36. The number of hydrazine groups is 2. The molecule has 0 amide bonds. The molecule has 4 heteroatoms. The average molecular weight is 277 g/mol. The molecule has 3 nitrogen and oxygen atoms in total. The molecule has 104 valence electrons. The summed E-state index contributed by atoms with van der Waals surface area (Å²) < 4.78 is 0. The molecule has 2 unspecified atom stereocenters. The maximum absolute atomic E-state index is 4.68. The van der Waals surface area contributed by atoms with E-state index in [9.17, 15) is 0 Å². The van der Waals surface area contributed by atoms with E-state index in [1.54, 1.807) is 0 Å². The minimum atomic E-state index is 0.235. The Bertz CT molecular complexity index is 392. The molecule has 0 aliphatic heterocycles. The van der Waals surface area contributed by atoms with E-state index in [4.69, 9.17) is 0 Å². The number of nitrogens with one attached hydrogen (secondary N) is 3. The monoisotopic (exact) mass is 277 g/mol. The Morgan fingerprint density at radius 3 is 2.63 bits per heavy atom. The molecule has 19 heavy (non-hydrogen) atoms. The molecule has 0 aliphatic rings. The molecule has 3 N–H and O–H groups in total. The maximum atomic E-state index is 4.68. The van der Waals surface area contributed by atoms with E-state index in [-0.39, 0.29) is 11.2 Å². The van der Waals surface area contributed by atoms with Crippen LogP contribution in [0, 0.1) is 0 Å². The molecule has 0 spiro atoms. The number of rotatable bonds is 9. The summed E-state index contributed by atoms with van der Waals surface area (Å²) in [4.78, 5) is 0. The van der Waals surface area contributed by atoms with Crippen molar-refractivity contribution in [1.82, 2.24) is 16.4 Å². The maximum Gasteiger partial charge on any atom is 0.0172 e. The number of thiol groups is 1. The molecule has 0 heterocycles. The lowest BCUT2D eigenvalue weighted by Gasteiger charge is -2.21. The number of hydrogen-bond donors (Lipinski definition) is 4. The van der Waals surface area contributed by atoms with Crippen molar-refractivity contribution in [2.45, 2.75) is 24.5 Å². The predicted octanol–water partition coefficient (Wildman–Crippen LogP) is 2.78. The summed E-state index contributed by atoms with van der Waals surface area (Å²) in [6.45, 7) is 10.3. The van der Waals surface area contributed by atoms with Crippen LogP contribution in [0.25, 0.3) is 0 Å². The Hall–Kier alpha value is -1.23. The molecule has 1 aromatic carbocycles. The van der Waals surface area contributed by atoms with Gasteiger partial charge in [-0.15, -0.1) is 6.58 Å². The summed E-state index contributed by atoms with van der Waals surface area (Å²) in [6.07, 6.45) is 2.89. The average Bonchev–Trinajstić information content (AvgIpc) is 2.40. The van der Waals surface area contributed by atoms with Crippen LogP contribution >= 0.6 is 12.6 Å². The third-order valence-electron chi connectivity index (χ3n) is 2.78. The van der Waals surface area contributed by atoms with Crippen molar-refractivity contribution < 1.29 is 0 Å². The van der Waals surface area contributed by atoms with Gasteiger partial charge in [-0.25, -0.2) is 5.43 Å². The van der Waals surface area contributed by atoms with E-state index >= 15 is 0 Å². The van der Waals surface area contributed by atoms with E-state index < -0.39 is 0 Å². The number of allylic oxidation sites excluding steroid dienone is 2. The molecule has 1 aromatic rings. The fraction of sp³-hybridized carbons (Fsp3) is 0.333. The van der Waals surface area contributed by atoms with E-state index in [1.165, 1.54) is 5.56 Å². The van der Waals surface area contributed by atoms with Crippen LogP contribution in [-0.2, 0) is 0 Å². The second kappa shape index (κ2) is 8.80.